The Kier molecular flexibility index (Phi) is 5.95. The van der Waals surface area contributed by atoms with Gasteiger partial charge in [0.05, 0.1) is 20.6 Å². The van der Waals surface area contributed by atoms with E-state index in [2.05, 4.69) is 6.92 Å². The number of esters is 1. The van der Waals surface area contributed by atoms with E-state index in [0.717, 1.165) is 12.0 Å². The number of aryl methyl sites for hydroxylation is 1. The summed E-state index contributed by atoms with van der Waals surface area (Å²) in [5, 5.41) is 11.8. The third-order valence-electron chi connectivity index (χ3n) is 4.51. The van der Waals surface area contributed by atoms with Gasteiger partial charge in [-0.2, -0.15) is 0 Å². The van der Waals surface area contributed by atoms with Crippen molar-refractivity contribution in [1.29, 1.82) is 0 Å². The van der Waals surface area contributed by atoms with Crippen molar-refractivity contribution in [3.05, 3.63) is 58.6 Å². The van der Waals surface area contributed by atoms with Crippen LogP contribution < -0.4 is 14.2 Å². The lowest BCUT2D eigenvalue weighted by molar-refractivity contribution is -0.133. The highest BCUT2D eigenvalue weighted by molar-refractivity contribution is 6.31. The molecule has 3 rings (SSSR count). The van der Waals surface area contributed by atoms with Crippen molar-refractivity contribution >= 4 is 28.3 Å². The van der Waals surface area contributed by atoms with Crippen LogP contribution in [0.4, 0.5) is 0 Å². The quantitative estimate of drug-likeness (QED) is 0.469. The van der Waals surface area contributed by atoms with Crippen LogP contribution in [0.3, 0.4) is 0 Å². The summed E-state index contributed by atoms with van der Waals surface area (Å²) in [6.45, 7) is 2.07. The molecule has 3 aromatic carbocycles. The SMILES string of the molecule is CCc1ccc(CC(=O)Oc2c(OC)c(OC)c(O)c3ccc(Cl)cc23)cc1. The van der Waals surface area contributed by atoms with E-state index in [0.29, 0.717) is 15.8 Å². The number of aromatic hydroxyl groups is 1. The van der Waals surface area contributed by atoms with Gasteiger partial charge in [-0.05, 0) is 35.7 Å². The van der Waals surface area contributed by atoms with Crippen LogP contribution in [0.15, 0.2) is 42.5 Å². The number of halogens is 1. The van der Waals surface area contributed by atoms with Crippen molar-refractivity contribution in [2.75, 3.05) is 14.2 Å². The summed E-state index contributed by atoms with van der Waals surface area (Å²) in [5.74, 6) is -0.195. The van der Waals surface area contributed by atoms with Gasteiger partial charge < -0.3 is 19.3 Å². The van der Waals surface area contributed by atoms with Crippen molar-refractivity contribution < 1.29 is 24.1 Å². The van der Waals surface area contributed by atoms with E-state index in [-0.39, 0.29) is 29.4 Å². The van der Waals surface area contributed by atoms with Gasteiger partial charge in [0.1, 0.15) is 0 Å². The number of phenols is 1. The maximum Gasteiger partial charge on any atom is 0.315 e. The van der Waals surface area contributed by atoms with Crippen LogP contribution in [0.25, 0.3) is 10.8 Å². The Hall–Kier alpha value is -2.92. The van der Waals surface area contributed by atoms with Gasteiger partial charge in [0.25, 0.3) is 0 Å². The van der Waals surface area contributed by atoms with E-state index >= 15 is 0 Å². The Morgan fingerprint density at radius 3 is 2.18 bits per heavy atom. The van der Waals surface area contributed by atoms with Gasteiger partial charge in [-0.25, -0.2) is 0 Å². The molecule has 0 saturated heterocycles. The molecule has 0 aliphatic heterocycles. The minimum atomic E-state index is -0.462. The molecule has 0 saturated carbocycles. The maximum absolute atomic E-state index is 12.6. The molecule has 0 atom stereocenters. The Morgan fingerprint density at radius 2 is 1.57 bits per heavy atom. The molecule has 0 bridgehead atoms. The number of hydrogen-bond acceptors (Lipinski definition) is 5. The summed E-state index contributed by atoms with van der Waals surface area (Å²) < 4.78 is 16.3. The molecule has 0 aliphatic rings. The second kappa shape index (κ2) is 8.40. The fraction of sp³-hybridized carbons (Fsp3) is 0.227. The van der Waals surface area contributed by atoms with Crippen molar-refractivity contribution in [3.63, 3.8) is 0 Å². The van der Waals surface area contributed by atoms with Crippen LogP contribution in [0.5, 0.6) is 23.0 Å². The standard InChI is InChI=1S/C22H21ClO5/c1-4-13-5-7-14(8-6-13)11-18(24)28-20-17-12-15(23)9-10-16(17)19(25)21(26-2)22(20)27-3/h5-10,12,25H,4,11H2,1-3H3. The molecule has 0 fully saturated rings. The summed E-state index contributed by atoms with van der Waals surface area (Å²) in [7, 11) is 2.81. The molecule has 3 aromatic rings. The fourth-order valence-corrected chi connectivity index (χ4v) is 3.22. The molecule has 0 aromatic heterocycles. The average molecular weight is 401 g/mol. The first kappa shape index (κ1) is 19.8. The van der Waals surface area contributed by atoms with Crippen LogP contribution in [0.2, 0.25) is 5.02 Å². The van der Waals surface area contributed by atoms with E-state index in [1.54, 1.807) is 18.2 Å². The number of hydrogen-bond donors (Lipinski definition) is 1. The summed E-state index contributed by atoms with van der Waals surface area (Å²) in [5.41, 5.74) is 2.04. The van der Waals surface area contributed by atoms with Gasteiger partial charge in [0, 0.05) is 15.8 Å². The predicted molar refractivity (Wildman–Crippen MR) is 109 cm³/mol. The van der Waals surface area contributed by atoms with Crippen LogP contribution >= 0.6 is 11.6 Å². The van der Waals surface area contributed by atoms with E-state index < -0.39 is 5.97 Å². The number of fused-ring (bicyclic) bond motifs is 1. The Morgan fingerprint density at radius 1 is 0.929 bits per heavy atom. The second-order valence-electron chi connectivity index (χ2n) is 6.26. The average Bonchev–Trinajstić information content (AvgIpc) is 2.70. The molecule has 1 N–H and O–H groups in total. The minimum absolute atomic E-state index is 0.0902. The largest absolute Gasteiger partial charge is 0.504 e. The van der Waals surface area contributed by atoms with Gasteiger partial charge in [0.2, 0.25) is 11.5 Å². The molecule has 0 spiro atoms. The zero-order valence-corrected chi connectivity index (χ0v) is 16.7. The Labute approximate surface area is 168 Å². The van der Waals surface area contributed by atoms with Crippen LogP contribution in [-0.2, 0) is 17.6 Å². The number of methoxy groups -OCH3 is 2. The monoisotopic (exact) mass is 400 g/mol. The molecule has 0 aliphatic carbocycles. The minimum Gasteiger partial charge on any atom is -0.504 e. The number of carbonyl (C=O) groups is 1. The number of rotatable bonds is 6. The summed E-state index contributed by atoms with van der Waals surface area (Å²) in [6, 6.07) is 12.7. The molecule has 6 heteroatoms. The molecule has 0 amide bonds. The first-order valence-corrected chi connectivity index (χ1v) is 9.20. The van der Waals surface area contributed by atoms with Crippen molar-refractivity contribution in [2.24, 2.45) is 0 Å². The van der Waals surface area contributed by atoms with Gasteiger partial charge in [-0.1, -0.05) is 42.8 Å². The molecule has 0 unspecified atom stereocenters. The summed E-state index contributed by atoms with van der Waals surface area (Å²) >= 11 is 6.11. The number of benzene rings is 3. The van der Waals surface area contributed by atoms with E-state index in [9.17, 15) is 9.90 Å². The first-order valence-electron chi connectivity index (χ1n) is 8.83. The lowest BCUT2D eigenvalue weighted by atomic mass is 10.1. The third-order valence-corrected chi connectivity index (χ3v) is 4.75. The summed E-state index contributed by atoms with van der Waals surface area (Å²) in [6.07, 6.45) is 1.03. The zero-order chi connectivity index (χ0) is 20.3. The summed E-state index contributed by atoms with van der Waals surface area (Å²) in [4.78, 5) is 12.6. The molecule has 0 radical (unpaired) electrons. The van der Waals surface area contributed by atoms with Gasteiger partial charge in [-0.3, -0.25) is 4.79 Å². The van der Waals surface area contributed by atoms with Gasteiger partial charge in [-0.15, -0.1) is 0 Å². The highest BCUT2D eigenvalue weighted by atomic mass is 35.5. The Bertz CT molecular complexity index is 1010. The fourth-order valence-electron chi connectivity index (χ4n) is 3.05. The third kappa shape index (κ3) is 3.85. The van der Waals surface area contributed by atoms with Crippen LogP contribution in [-0.4, -0.2) is 25.3 Å². The number of carbonyl (C=O) groups excluding carboxylic acids is 1. The second-order valence-corrected chi connectivity index (χ2v) is 6.69. The number of phenolic OH excluding ortho intramolecular Hbond substituents is 1. The lowest BCUT2D eigenvalue weighted by Gasteiger charge is -2.17. The molecule has 0 heterocycles. The smallest absolute Gasteiger partial charge is 0.315 e. The molecule has 5 nitrogen and oxygen atoms in total. The lowest BCUT2D eigenvalue weighted by Crippen LogP contribution is -2.12. The first-order chi connectivity index (χ1) is 13.5. The van der Waals surface area contributed by atoms with Crippen LogP contribution in [0, 0.1) is 0 Å². The molecular formula is C22H21ClO5. The molecule has 28 heavy (non-hydrogen) atoms. The van der Waals surface area contributed by atoms with Crippen molar-refractivity contribution in [3.8, 4) is 23.0 Å². The van der Waals surface area contributed by atoms with E-state index in [4.69, 9.17) is 25.8 Å². The number of ether oxygens (including phenoxy) is 3. The molecule has 146 valence electrons. The highest BCUT2D eigenvalue weighted by Gasteiger charge is 2.24. The van der Waals surface area contributed by atoms with Gasteiger partial charge >= 0.3 is 5.97 Å². The van der Waals surface area contributed by atoms with Crippen LogP contribution in [0.1, 0.15) is 18.1 Å². The topological polar surface area (TPSA) is 65.0 Å². The van der Waals surface area contributed by atoms with E-state index in [1.807, 2.05) is 24.3 Å². The Balaban J connectivity index is 2.01. The van der Waals surface area contributed by atoms with Crippen molar-refractivity contribution in [2.45, 2.75) is 19.8 Å². The normalized spacial score (nSPS) is 10.7. The van der Waals surface area contributed by atoms with Gasteiger partial charge in [0.15, 0.2) is 11.5 Å². The van der Waals surface area contributed by atoms with Crippen molar-refractivity contribution in [1.82, 2.24) is 0 Å². The maximum atomic E-state index is 12.6. The predicted octanol–water partition coefficient (Wildman–Crippen LogP) is 4.93. The van der Waals surface area contributed by atoms with E-state index in [1.165, 1.54) is 19.8 Å². The highest BCUT2D eigenvalue weighted by Crippen LogP contribution is 2.50. The molecular weight excluding hydrogens is 380 g/mol. The zero-order valence-electron chi connectivity index (χ0n) is 15.9.